The molecule has 1 aliphatic heterocycles. The van der Waals surface area contributed by atoms with E-state index >= 15 is 0 Å². The van der Waals surface area contributed by atoms with E-state index in [4.69, 9.17) is 10.5 Å². The van der Waals surface area contributed by atoms with Gasteiger partial charge in [0.15, 0.2) is 5.13 Å². The van der Waals surface area contributed by atoms with Gasteiger partial charge in [-0.2, -0.15) is 0 Å². The summed E-state index contributed by atoms with van der Waals surface area (Å²) < 4.78 is 5.70. The van der Waals surface area contributed by atoms with Crippen LogP contribution < -0.4 is 11.1 Å². The van der Waals surface area contributed by atoms with Crippen molar-refractivity contribution in [1.29, 1.82) is 0 Å². The molecule has 1 aliphatic rings. The SMILES string of the molecule is CC1(CNCCc2csc(N)n2)CCCO1. The van der Waals surface area contributed by atoms with Gasteiger partial charge in [0.25, 0.3) is 0 Å². The Hall–Kier alpha value is -0.650. The van der Waals surface area contributed by atoms with Crippen molar-refractivity contribution >= 4 is 16.5 Å². The fraction of sp³-hybridized carbons (Fsp3) is 0.727. The van der Waals surface area contributed by atoms with Crippen molar-refractivity contribution < 1.29 is 4.74 Å². The average Bonchev–Trinajstić information content (AvgIpc) is 2.84. The minimum atomic E-state index is 0.0428. The van der Waals surface area contributed by atoms with E-state index in [0.29, 0.717) is 5.13 Å². The molecule has 0 spiro atoms. The molecular formula is C11H19N3OS. The van der Waals surface area contributed by atoms with Crippen LogP contribution >= 0.6 is 11.3 Å². The summed E-state index contributed by atoms with van der Waals surface area (Å²) in [6, 6.07) is 0. The van der Waals surface area contributed by atoms with Gasteiger partial charge in [-0.1, -0.05) is 0 Å². The molecule has 1 aromatic rings. The van der Waals surface area contributed by atoms with E-state index in [2.05, 4.69) is 17.2 Å². The Kier molecular flexibility index (Phi) is 3.78. The van der Waals surface area contributed by atoms with Gasteiger partial charge in [0.2, 0.25) is 0 Å². The maximum absolute atomic E-state index is 5.70. The summed E-state index contributed by atoms with van der Waals surface area (Å²) in [6.07, 6.45) is 3.27. The van der Waals surface area contributed by atoms with E-state index in [-0.39, 0.29) is 5.60 Å². The summed E-state index contributed by atoms with van der Waals surface area (Å²) in [5, 5.41) is 6.10. The van der Waals surface area contributed by atoms with Gasteiger partial charge in [-0.05, 0) is 19.8 Å². The molecule has 1 aromatic heterocycles. The highest BCUT2D eigenvalue weighted by molar-refractivity contribution is 7.13. The molecule has 0 saturated carbocycles. The fourth-order valence-electron chi connectivity index (χ4n) is 1.98. The third-order valence-corrected chi connectivity index (χ3v) is 3.65. The van der Waals surface area contributed by atoms with Crippen molar-refractivity contribution in [2.24, 2.45) is 0 Å². The number of hydrogen-bond donors (Lipinski definition) is 2. The van der Waals surface area contributed by atoms with Gasteiger partial charge in [0.05, 0.1) is 11.3 Å². The number of hydrogen-bond acceptors (Lipinski definition) is 5. The number of ether oxygens (including phenoxy) is 1. The maximum Gasteiger partial charge on any atom is 0.180 e. The molecular weight excluding hydrogens is 222 g/mol. The first-order chi connectivity index (χ1) is 7.68. The molecule has 0 aliphatic carbocycles. The fourth-order valence-corrected chi connectivity index (χ4v) is 2.58. The van der Waals surface area contributed by atoms with Crippen LogP contribution in [-0.4, -0.2) is 30.3 Å². The molecule has 1 saturated heterocycles. The summed E-state index contributed by atoms with van der Waals surface area (Å²) in [5.74, 6) is 0. The van der Waals surface area contributed by atoms with Crippen LogP contribution in [0.5, 0.6) is 0 Å². The highest BCUT2D eigenvalue weighted by atomic mass is 32.1. The predicted molar refractivity (Wildman–Crippen MR) is 66.7 cm³/mol. The van der Waals surface area contributed by atoms with Gasteiger partial charge in [0, 0.05) is 31.5 Å². The highest BCUT2D eigenvalue weighted by Gasteiger charge is 2.28. The molecule has 4 nitrogen and oxygen atoms in total. The first-order valence-electron chi connectivity index (χ1n) is 5.72. The molecule has 1 fully saturated rings. The molecule has 1 atom stereocenters. The standard InChI is InChI=1S/C11H19N3OS/c1-11(4-2-6-15-11)8-13-5-3-9-7-16-10(12)14-9/h7,13H,2-6,8H2,1H3,(H2,12,14). The summed E-state index contributed by atoms with van der Waals surface area (Å²) in [5.41, 5.74) is 6.69. The second-order valence-electron chi connectivity index (χ2n) is 4.51. The van der Waals surface area contributed by atoms with Crippen LogP contribution in [0, 0.1) is 0 Å². The molecule has 5 heteroatoms. The molecule has 0 bridgehead atoms. The third kappa shape index (κ3) is 3.17. The number of nitrogen functional groups attached to an aromatic ring is 1. The van der Waals surface area contributed by atoms with E-state index < -0.39 is 0 Å². The Balaban J connectivity index is 1.65. The second-order valence-corrected chi connectivity index (χ2v) is 5.40. The van der Waals surface area contributed by atoms with Crippen LogP contribution in [0.3, 0.4) is 0 Å². The first-order valence-corrected chi connectivity index (χ1v) is 6.60. The minimum Gasteiger partial charge on any atom is -0.375 e. The first kappa shape index (κ1) is 11.8. The second kappa shape index (κ2) is 5.12. The molecule has 0 aromatic carbocycles. The Labute approximate surface area is 100 Å². The summed E-state index contributed by atoms with van der Waals surface area (Å²) >= 11 is 1.50. The Morgan fingerprint density at radius 2 is 2.56 bits per heavy atom. The van der Waals surface area contributed by atoms with E-state index in [9.17, 15) is 0 Å². The highest BCUT2D eigenvalue weighted by Crippen LogP contribution is 2.23. The van der Waals surface area contributed by atoms with Crippen molar-refractivity contribution in [2.45, 2.75) is 31.8 Å². The lowest BCUT2D eigenvalue weighted by molar-refractivity contribution is 0.0211. The van der Waals surface area contributed by atoms with Crippen molar-refractivity contribution in [1.82, 2.24) is 10.3 Å². The summed E-state index contributed by atoms with van der Waals surface area (Å²) in [6.45, 7) is 4.93. The van der Waals surface area contributed by atoms with Crippen molar-refractivity contribution in [3.8, 4) is 0 Å². The Bertz CT molecular complexity index is 334. The summed E-state index contributed by atoms with van der Waals surface area (Å²) in [7, 11) is 0. The zero-order valence-corrected chi connectivity index (χ0v) is 10.5. The maximum atomic E-state index is 5.70. The van der Waals surface area contributed by atoms with Gasteiger partial charge >= 0.3 is 0 Å². The van der Waals surface area contributed by atoms with Crippen LogP contribution in [0.25, 0.3) is 0 Å². The topological polar surface area (TPSA) is 60.2 Å². The number of anilines is 1. The van der Waals surface area contributed by atoms with E-state index in [1.54, 1.807) is 0 Å². The van der Waals surface area contributed by atoms with Gasteiger partial charge in [-0.3, -0.25) is 0 Å². The molecule has 2 heterocycles. The van der Waals surface area contributed by atoms with Crippen LogP contribution in [0.2, 0.25) is 0 Å². The predicted octanol–water partition coefficient (Wildman–Crippen LogP) is 1.43. The monoisotopic (exact) mass is 241 g/mol. The number of nitrogens with one attached hydrogen (secondary N) is 1. The number of rotatable bonds is 5. The number of aromatic nitrogens is 1. The molecule has 90 valence electrons. The number of nitrogens with zero attached hydrogens (tertiary/aromatic N) is 1. The van der Waals surface area contributed by atoms with Crippen LogP contribution in [0.1, 0.15) is 25.5 Å². The average molecular weight is 241 g/mol. The molecule has 0 amide bonds. The lowest BCUT2D eigenvalue weighted by atomic mass is 10.0. The number of thiazole rings is 1. The minimum absolute atomic E-state index is 0.0428. The smallest absolute Gasteiger partial charge is 0.180 e. The van der Waals surface area contributed by atoms with Gasteiger partial charge in [-0.25, -0.2) is 4.98 Å². The molecule has 1 unspecified atom stereocenters. The molecule has 16 heavy (non-hydrogen) atoms. The van der Waals surface area contributed by atoms with Crippen LogP contribution in [0.4, 0.5) is 5.13 Å². The van der Waals surface area contributed by atoms with Crippen molar-refractivity contribution in [3.05, 3.63) is 11.1 Å². The quantitative estimate of drug-likeness (QED) is 0.766. The zero-order valence-electron chi connectivity index (χ0n) is 9.66. The van der Waals surface area contributed by atoms with Crippen molar-refractivity contribution in [2.75, 3.05) is 25.4 Å². The summed E-state index contributed by atoms with van der Waals surface area (Å²) in [4.78, 5) is 4.22. The van der Waals surface area contributed by atoms with Crippen molar-refractivity contribution in [3.63, 3.8) is 0 Å². The van der Waals surface area contributed by atoms with Gasteiger partial charge < -0.3 is 15.8 Å². The zero-order chi connectivity index (χ0) is 11.4. The van der Waals surface area contributed by atoms with E-state index in [1.807, 2.05) is 5.38 Å². The van der Waals surface area contributed by atoms with Gasteiger partial charge in [0.1, 0.15) is 0 Å². The molecule has 3 N–H and O–H groups in total. The van der Waals surface area contributed by atoms with Gasteiger partial charge in [-0.15, -0.1) is 11.3 Å². The normalized spacial score (nSPS) is 25.1. The molecule has 2 rings (SSSR count). The Morgan fingerprint density at radius 1 is 1.69 bits per heavy atom. The third-order valence-electron chi connectivity index (χ3n) is 2.93. The number of nitrogens with two attached hydrogens (primary N) is 1. The lowest BCUT2D eigenvalue weighted by Crippen LogP contribution is -2.37. The van der Waals surface area contributed by atoms with E-state index in [0.717, 1.165) is 38.2 Å². The lowest BCUT2D eigenvalue weighted by Gasteiger charge is -2.23. The largest absolute Gasteiger partial charge is 0.375 e. The van der Waals surface area contributed by atoms with Crippen LogP contribution in [0.15, 0.2) is 5.38 Å². The van der Waals surface area contributed by atoms with E-state index in [1.165, 1.54) is 17.8 Å². The van der Waals surface area contributed by atoms with Crippen LogP contribution in [-0.2, 0) is 11.2 Å². The molecule has 0 radical (unpaired) electrons. The Morgan fingerprint density at radius 3 is 3.19 bits per heavy atom.